The summed E-state index contributed by atoms with van der Waals surface area (Å²) < 4.78 is 1.81. The highest BCUT2D eigenvalue weighted by Crippen LogP contribution is 2.15. The van der Waals surface area contributed by atoms with Gasteiger partial charge in [0.1, 0.15) is 6.54 Å². The highest BCUT2D eigenvalue weighted by Gasteiger charge is 2.21. The third kappa shape index (κ3) is 3.54. The maximum atomic E-state index is 12.4. The van der Waals surface area contributed by atoms with E-state index < -0.39 is 0 Å². The lowest BCUT2D eigenvalue weighted by molar-refractivity contribution is -0.131. The number of likely N-dealkylation sites (N-methyl/N-ethyl adjacent to an activating group) is 1. The van der Waals surface area contributed by atoms with Crippen molar-refractivity contribution in [2.75, 3.05) is 20.1 Å². The van der Waals surface area contributed by atoms with Gasteiger partial charge < -0.3 is 15.2 Å². The molecule has 5 nitrogen and oxygen atoms in total. The smallest absolute Gasteiger partial charge is 0.242 e. The van der Waals surface area contributed by atoms with Crippen LogP contribution in [0.15, 0.2) is 41.3 Å². The Kier molecular flexibility index (Phi) is 4.66. The second-order valence-corrected chi connectivity index (χ2v) is 6.44. The third-order valence-corrected chi connectivity index (χ3v) is 3.83. The van der Waals surface area contributed by atoms with Crippen molar-refractivity contribution in [3.63, 3.8) is 0 Å². The molecule has 0 aliphatic rings. The number of nitrogens with two attached hydrogens (primary N) is 1. The predicted octanol–water partition coefficient (Wildman–Crippen LogP) is 1.44. The van der Waals surface area contributed by atoms with Crippen LogP contribution < -0.4 is 11.2 Å². The molecule has 0 spiro atoms. The molecular formula is C17H23N3O2. The molecule has 2 aromatic rings. The lowest BCUT2D eigenvalue weighted by Gasteiger charge is -2.29. The van der Waals surface area contributed by atoms with Gasteiger partial charge in [-0.2, -0.15) is 0 Å². The Morgan fingerprint density at radius 1 is 1.27 bits per heavy atom. The van der Waals surface area contributed by atoms with Gasteiger partial charge >= 0.3 is 0 Å². The number of rotatable bonds is 5. The van der Waals surface area contributed by atoms with E-state index in [9.17, 15) is 9.59 Å². The van der Waals surface area contributed by atoms with Crippen LogP contribution >= 0.6 is 0 Å². The SMILES string of the molecule is CN(CC(C)(C)CN)C(=O)Cn1ccc(=O)c2ccccc21. The summed E-state index contributed by atoms with van der Waals surface area (Å²) in [5.41, 5.74) is 6.35. The van der Waals surface area contributed by atoms with Crippen molar-refractivity contribution >= 4 is 16.8 Å². The molecule has 0 aliphatic carbocycles. The molecule has 22 heavy (non-hydrogen) atoms. The number of benzene rings is 1. The van der Waals surface area contributed by atoms with Crippen LogP contribution in [0.3, 0.4) is 0 Å². The van der Waals surface area contributed by atoms with Crippen LogP contribution in [0.1, 0.15) is 13.8 Å². The predicted molar refractivity (Wildman–Crippen MR) is 88.7 cm³/mol. The maximum absolute atomic E-state index is 12.4. The molecule has 0 radical (unpaired) electrons. The summed E-state index contributed by atoms with van der Waals surface area (Å²) in [6.07, 6.45) is 1.67. The molecule has 118 valence electrons. The second-order valence-electron chi connectivity index (χ2n) is 6.44. The Bertz CT molecular complexity index is 734. The summed E-state index contributed by atoms with van der Waals surface area (Å²) in [6.45, 7) is 5.39. The van der Waals surface area contributed by atoms with Gasteiger partial charge in [0, 0.05) is 31.2 Å². The Labute approximate surface area is 130 Å². The van der Waals surface area contributed by atoms with E-state index in [0.29, 0.717) is 18.5 Å². The number of nitrogens with zero attached hydrogens (tertiary/aromatic N) is 2. The number of fused-ring (bicyclic) bond motifs is 1. The van der Waals surface area contributed by atoms with Crippen molar-refractivity contribution in [1.29, 1.82) is 0 Å². The molecule has 2 rings (SSSR count). The van der Waals surface area contributed by atoms with Gasteiger partial charge in [-0.25, -0.2) is 0 Å². The Morgan fingerprint density at radius 2 is 1.95 bits per heavy atom. The molecule has 0 aliphatic heterocycles. The van der Waals surface area contributed by atoms with Crippen LogP contribution in [-0.4, -0.2) is 35.5 Å². The fraction of sp³-hybridized carbons (Fsp3) is 0.412. The molecule has 0 atom stereocenters. The van der Waals surface area contributed by atoms with Crippen LogP contribution in [0.2, 0.25) is 0 Å². The molecule has 5 heteroatoms. The zero-order valence-corrected chi connectivity index (χ0v) is 13.4. The van der Waals surface area contributed by atoms with E-state index in [1.807, 2.05) is 36.6 Å². The van der Waals surface area contributed by atoms with Gasteiger partial charge in [-0.3, -0.25) is 9.59 Å². The summed E-state index contributed by atoms with van der Waals surface area (Å²) in [7, 11) is 1.78. The minimum absolute atomic E-state index is 0.00433. The van der Waals surface area contributed by atoms with Crippen LogP contribution in [0, 0.1) is 5.41 Å². The van der Waals surface area contributed by atoms with Crippen molar-refractivity contribution in [3.8, 4) is 0 Å². The average Bonchev–Trinajstić information content (AvgIpc) is 2.50. The van der Waals surface area contributed by atoms with Crippen LogP contribution in [0.5, 0.6) is 0 Å². The van der Waals surface area contributed by atoms with Gasteiger partial charge in [0.15, 0.2) is 5.43 Å². The molecule has 0 unspecified atom stereocenters. The first-order valence-corrected chi connectivity index (χ1v) is 7.36. The van der Waals surface area contributed by atoms with Gasteiger partial charge in [0.05, 0.1) is 5.52 Å². The standard InChI is InChI=1S/C17H23N3O2/c1-17(2,11-18)12-19(3)16(22)10-20-9-8-15(21)13-6-4-5-7-14(13)20/h4-9H,10-12,18H2,1-3H3. The van der Waals surface area contributed by atoms with E-state index in [1.165, 1.54) is 6.07 Å². The number of amides is 1. The van der Waals surface area contributed by atoms with Gasteiger partial charge in [0.2, 0.25) is 5.91 Å². The number of hydrogen-bond acceptors (Lipinski definition) is 3. The third-order valence-electron chi connectivity index (χ3n) is 3.83. The normalized spacial score (nSPS) is 11.6. The number of aromatic nitrogens is 1. The van der Waals surface area contributed by atoms with Crippen molar-refractivity contribution < 1.29 is 4.79 Å². The first-order valence-electron chi connectivity index (χ1n) is 7.36. The minimum Gasteiger partial charge on any atom is -0.344 e. The number of carbonyl (C=O) groups excluding carboxylic acids is 1. The molecule has 0 bridgehead atoms. The van der Waals surface area contributed by atoms with Crippen molar-refractivity contribution in [3.05, 3.63) is 46.8 Å². The number of carbonyl (C=O) groups is 1. The highest BCUT2D eigenvalue weighted by atomic mass is 16.2. The minimum atomic E-state index is -0.115. The summed E-state index contributed by atoms with van der Waals surface area (Å²) in [5.74, 6) is -0.00433. The van der Waals surface area contributed by atoms with Gasteiger partial charge in [0.25, 0.3) is 0 Å². The molecule has 0 saturated carbocycles. The van der Waals surface area contributed by atoms with Crippen LogP contribution in [-0.2, 0) is 11.3 Å². The lowest BCUT2D eigenvalue weighted by atomic mass is 9.93. The van der Waals surface area contributed by atoms with E-state index >= 15 is 0 Å². The van der Waals surface area contributed by atoms with E-state index in [4.69, 9.17) is 5.73 Å². The largest absolute Gasteiger partial charge is 0.344 e. The van der Waals surface area contributed by atoms with Gasteiger partial charge in [-0.1, -0.05) is 26.0 Å². The molecule has 0 saturated heterocycles. The molecule has 1 heterocycles. The molecule has 1 aromatic heterocycles. The summed E-state index contributed by atoms with van der Waals surface area (Å²) in [6, 6.07) is 8.82. The summed E-state index contributed by atoms with van der Waals surface area (Å²) in [5, 5.41) is 0.628. The molecule has 2 N–H and O–H groups in total. The molecular weight excluding hydrogens is 278 g/mol. The van der Waals surface area contributed by atoms with E-state index in [-0.39, 0.29) is 23.3 Å². The van der Waals surface area contributed by atoms with Crippen molar-refractivity contribution in [2.24, 2.45) is 11.1 Å². The van der Waals surface area contributed by atoms with E-state index in [2.05, 4.69) is 0 Å². The first kappa shape index (κ1) is 16.2. The second kappa shape index (κ2) is 6.32. The fourth-order valence-electron chi connectivity index (χ4n) is 2.46. The summed E-state index contributed by atoms with van der Waals surface area (Å²) >= 11 is 0. The number of hydrogen-bond donors (Lipinski definition) is 1. The Morgan fingerprint density at radius 3 is 2.64 bits per heavy atom. The summed E-state index contributed by atoms with van der Waals surface area (Å²) in [4.78, 5) is 26.0. The van der Waals surface area contributed by atoms with Crippen LogP contribution in [0.25, 0.3) is 10.9 Å². The average molecular weight is 301 g/mol. The van der Waals surface area contributed by atoms with Gasteiger partial charge in [-0.15, -0.1) is 0 Å². The maximum Gasteiger partial charge on any atom is 0.242 e. The van der Waals surface area contributed by atoms with Gasteiger partial charge in [-0.05, 0) is 24.1 Å². The fourth-order valence-corrected chi connectivity index (χ4v) is 2.46. The monoisotopic (exact) mass is 301 g/mol. The molecule has 1 amide bonds. The van der Waals surface area contributed by atoms with Crippen LogP contribution in [0.4, 0.5) is 0 Å². The number of para-hydroxylation sites is 1. The van der Waals surface area contributed by atoms with Crippen molar-refractivity contribution in [1.82, 2.24) is 9.47 Å². The Hall–Kier alpha value is -2.14. The highest BCUT2D eigenvalue weighted by molar-refractivity contribution is 5.82. The molecule has 1 aromatic carbocycles. The van der Waals surface area contributed by atoms with Crippen molar-refractivity contribution in [2.45, 2.75) is 20.4 Å². The zero-order valence-electron chi connectivity index (χ0n) is 13.4. The number of pyridine rings is 1. The topological polar surface area (TPSA) is 68.3 Å². The zero-order chi connectivity index (χ0) is 16.3. The van der Waals surface area contributed by atoms with E-state index in [0.717, 1.165) is 5.52 Å². The van der Waals surface area contributed by atoms with E-state index in [1.54, 1.807) is 24.2 Å². The first-order chi connectivity index (χ1) is 10.3. The lowest BCUT2D eigenvalue weighted by Crippen LogP contribution is -2.41. The Balaban J connectivity index is 2.23. The molecule has 0 fully saturated rings. The quantitative estimate of drug-likeness (QED) is 0.908.